The number of benzene rings is 1. The van der Waals surface area contributed by atoms with E-state index in [9.17, 15) is 0 Å². The largest absolute Gasteiger partial charge is 0.256 e. The van der Waals surface area contributed by atoms with Crippen LogP contribution in [0.1, 0.15) is 5.56 Å². The predicted octanol–water partition coefficient (Wildman–Crippen LogP) is 3.89. The van der Waals surface area contributed by atoms with Crippen molar-refractivity contribution in [2.45, 2.75) is 5.33 Å². The van der Waals surface area contributed by atoms with Crippen molar-refractivity contribution in [1.29, 1.82) is 0 Å². The Hall–Kier alpha value is -0.410. The molecule has 0 saturated heterocycles. The van der Waals surface area contributed by atoms with Crippen LogP contribution in [0.25, 0.3) is 10.9 Å². The molecule has 2 aromatic rings. The van der Waals surface area contributed by atoms with Crippen LogP contribution in [0.15, 0.2) is 34.9 Å². The van der Waals surface area contributed by atoms with E-state index in [1.807, 2.05) is 18.3 Å². The van der Waals surface area contributed by atoms with Gasteiger partial charge < -0.3 is 0 Å². The molecule has 0 bridgehead atoms. The minimum Gasteiger partial charge on any atom is -0.256 e. The van der Waals surface area contributed by atoms with Crippen LogP contribution in [0.4, 0.5) is 0 Å². The van der Waals surface area contributed by atoms with Crippen molar-refractivity contribution in [3.63, 3.8) is 0 Å². The number of alkyl halides is 1. The summed E-state index contributed by atoms with van der Waals surface area (Å²) in [5.74, 6) is 0. The number of nitrogens with zero attached hydrogens (tertiary/aromatic N) is 1. The molecule has 66 valence electrons. The highest BCUT2D eigenvalue weighted by Gasteiger charge is 2.03. The fourth-order valence-electron chi connectivity index (χ4n) is 1.26. The van der Waals surface area contributed by atoms with Gasteiger partial charge in [-0.2, -0.15) is 0 Å². The van der Waals surface area contributed by atoms with E-state index in [4.69, 9.17) is 0 Å². The number of rotatable bonds is 1. The van der Waals surface area contributed by atoms with Gasteiger partial charge in [0.25, 0.3) is 0 Å². The van der Waals surface area contributed by atoms with Gasteiger partial charge in [0.2, 0.25) is 0 Å². The second-order valence-corrected chi connectivity index (χ2v) is 4.10. The van der Waals surface area contributed by atoms with Crippen molar-refractivity contribution in [3.05, 3.63) is 40.5 Å². The van der Waals surface area contributed by atoms with Gasteiger partial charge in [-0.1, -0.05) is 28.1 Å². The van der Waals surface area contributed by atoms with Crippen molar-refractivity contribution < 1.29 is 0 Å². The lowest BCUT2D eigenvalue weighted by Gasteiger charge is -2.03. The van der Waals surface area contributed by atoms with Crippen LogP contribution >= 0.6 is 31.9 Å². The third kappa shape index (κ3) is 1.63. The van der Waals surface area contributed by atoms with Crippen LogP contribution in [-0.2, 0) is 5.33 Å². The number of pyridine rings is 1. The first-order valence-corrected chi connectivity index (χ1v) is 5.82. The van der Waals surface area contributed by atoms with Crippen LogP contribution in [-0.4, -0.2) is 4.98 Å². The molecule has 0 aliphatic heterocycles. The third-order valence-corrected chi connectivity index (χ3v) is 3.48. The van der Waals surface area contributed by atoms with Gasteiger partial charge in [0.1, 0.15) is 0 Å². The maximum atomic E-state index is 4.27. The molecule has 0 aliphatic rings. The molecule has 0 spiro atoms. The molecular formula is C10H7Br2N. The fraction of sp³-hybridized carbons (Fsp3) is 0.100. The van der Waals surface area contributed by atoms with Crippen molar-refractivity contribution in [2.24, 2.45) is 0 Å². The SMILES string of the molecule is BrCc1ccc2ncccc2c1Br. The van der Waals surface area contributed by atoms with E-state index >= 15 is 0 Å². The lowest BCUT2D eigenvalue weighted by atomic mass is 10.1. The summed E-state index contributed by atoms with van der Waals surface area (Å²) in [5.41, 5.74) is 2.28. The van der Waals surface area contributed by atoms with Crippen LogP contribution in [0.2, 0.25) is 0 Å². The fourth-order valence-corrected chi connectivity index (χ4v) is 2.72. The molecule has 1 aromatic carbocycles. The van der Waals surface area contributed by atoms with Crippen molar-refractivity contribution in [2.75, 3.05) is 0 Å². The van der Waals surface area contributed by atoms with Crippen LogP contribution in [0.3, 0.4) is 0 Å². The summed E-state index contributed by atoms with van der Waals surface area (Å²) in [6.45, 7) is 0. The molecule has 0 atom stereocenters. The van der Waals surface area contributed by atoms with E-state index < -0.39 is 0 Å². The van der Waals surface area contributed by atoms with Crippen LogP contribution in [0, 0.1) is 0 Å². The minimum atomic E-state index is 0.860. The lowest BCUT2D eigenvalue weighted by Crippen LogP contribution is -1.84. The Morgan fingerprint density at radius 3 is 2.85 bits per heavy atom. The number of fused-ring (bicyclic) bond motifs is 1. The van der Waals surface area contributed by atoms with E-state index in [0.29, 0.717) is 0 Å². The Morgan fingerprint density at radius 2 is 2.08 bits per heavy atom. The first-order chi connectivity index (χ1) is 6.33. The summed E-state index contributed by atoms with van der Waals surface area (Å²) in [5, 5.41) is 2.03. The second kappa shape index (κ2) is 3.76. The normalized spacial score (nSPS) is 10.6. The zero-order chi connectivity index (χ0) is 9.26. The zero-order valence-electron chi connectivity index (χ0n) is 6.80. The quantitative estimate of drug-likeness (QED) is 0.728. The third-order valence-electron chi connectivity index (χ3n) is 1.94. The molecule has 13 heavy (non-hydrogen) atoms. The van der Waals surface area contributed by atoms with Gasteiger partial charge in [0.15, 0.2) is 0 Å². The second-order valence-electron chi connectivity index (χ2n) is 2.74. The molecule has 2 rings (SSSR count). The van der Waals surface area contributed by atoms with Gasteiger partial charge in [-0.15, -0.1) is 0 Å². The van der Waals surface area contributed by atoms with Gasteiger partial charge in [-0.25, -0.2) is 0 Å². The van der Waals surface area contributed by atoms with Gasteiger partial charge in [-0.3, -0.25) is 4.98 Å². The molecule has 1 nitrogen and oxygen atoms in total. The van der Waals surface area contributed by atoms with Crippen molar-refractivity contribution in [1.82, 2.24) is 4.98 Å². The summed E-state index contributed by atoms with van der Waals surface area (Å²) in [6, 6.07) is 8.13. The molecule has 0 fully saturated rings. The first-order valence-electron chi connectivity index (χ1n) is 3.91. The summed E-state index contributed by atoms with van der Waals surface area (Å²) in [6.07, 6.45) is 1.81. The van der Waals surface area contributed by atoms with Crippen LogP contribution < -0.4 is 0 Å². The first kappa shape index (κ1) is 9.16. The molecule has 0 unspecified atom stereocenters. The van der Waals surface area contributed by atoms with Crippen LogP contribution in [0.5, 0.6) is 0 Å². The molecule has 0 radical (unpaired) electrons. The Balaban J connectivity index is 2.79. The number of halogens is 2. The summed E-state index contributed by atoms with van der Waals surface area (Å²) >= 11 is 7.02. The molecule has 1 heterocycles. The van der Waals surface area contributed by atoms with Crippen molar-refractivity contribution in [3.8, 4) is 0 Å². The van der Waals surface area contributed by atoms with E-state index in [2.05, 4.69) is 49.0 Å². The van der Waals surface area contributed by atoms with E-state index in [0.717, 1.165) is 15.3 Å². The predicted molar refractivity (Wildman–Crippen MR) is 62.1 cm³/mol. The number of hydrogen-bond acceptors (Lipinski definition) is 1. The molecule has 3 heteroatoms. The number of hydrogen-bond donors (Lipinski definition) is 0. The highest BCUT2D eigenvalue weighted by Crippen LogP contribution is 2.27. The van der Waals surface area contributed by atoms with E-state index in [-0.39, 0.29) is 0 Å². The van der Waals surface area contributed by atoms with E-state index in [1.165, 1.54) is 10.9 Å². The minimum absolute atomic E-state index is 0.860. The summed E-state index contributed by atoms with van der Waals surface area (Å²) < 4.78 is 1.13. The summed E-state index contributed by atoms with van der Waals surface area (Å²) in [7, 11) is 0. The van der Waals surface area contributed by atoms with Gasteiger partial charge in [0.05, 0.1) is 5.52 Å². The number of aromatic nitrogens is 1. The Kier molecular flexibility index (Phi) is 2.65. The van der Waals surface area contributed by atoms with Gasteiger partial charge >= 0.3 is 0 Å². The topological polar surface area (TPSA) is 12.9 Å². The molecule has 0 amide bonds. The van der Waals surface area contributed by atoms with Crippen molar-refractivity contribution >= 4 is 42.8 Å². The maximum Gasteiger partial charge on any atom is 0.0713 e. The maximum absolute atomic E-state index is 4.27. The van der Waals surface area contributed by atoms with Gasteiger partial charge in [-0.05, 0) is 33.6 Å². The lowest BCUT2D eigenvalue weighted by molar-refractivity contribution is 1.37. The average Bonchev–Trinajstić information content (AvgIpc) is 2.19. The highest BCUT2D eigenvalue weighted by atomic mass is 79.9. The monoisotopic (exact) mass is 299 g/mol. The summed E-state index contributed by atoms with van der Waals surface area (Å²) in [4.78, 5) is 4.27. The standard InChI is InChI=1S/C10H7Br2N/c11-6-7-3-4-9-8(10(7)12)2-1-5-13-9/h1-5H,6H2. The smallest absolute Gasteiger partial charge is 0.0713 e. The van der Waals surface area contributed by atoms with E-state index in [1.54, 1.807) is 0 Å². The Bertz CT molecular complexity index is 440. The molecule has 0 N–H and O–H groups in total. The zero-order valence-corrected chi connectivity index (χ0v) is 9.97. The highest BCUT2D eigenvalue weighted by molar-refractivity contribution is 9.11. The molecule has 1 aromatic heterocycles. The Morgan fingerprint density at radius 1 is 1.23 bits per heavy atom. The van der Waals surface area contributed by atoms with Gasteiger partial charge in [0, 0.05) is 21.4 Å². The Labute approximate surface area is 93.4 Å². The molecular weight excluding hydrogens is 294 g/mol. The molecule has 0 saturated carbocycles. The molecule has 0 aliphatic carbocycles. The average molecular weight is 301 g/mol.